The van der Waals surface area contributed by atoms with E-state index in [2.05, 4.69) is 0 Å². The summed E-state index contributed by atoms with van der Waals surface area (Å²) in [5.74, 6) is -1.53. The second kappa shape index (κ2) is 5.76. The first kappa shape index (κ1) is 14.7. The molecule has 110 valence electrons. The number of carbonyl (C=O) groups is 1. The molecule has 0 aromatic heterocycles. The van der Waals surface area contributed by atoms with Crippen LogP contribution in [-0.4, -0.2) is 53.4 Å². The maximum absolute atomic E-state index is 13.6. The van der Waals surface area contributed by atoms with Gasteiger partial charge in [0.25, 0.3) is 5.91 Å². The minimum Gasteiger partial charge on any atom is -0.508 e. The zero-order valence-electron chi connectivity index (χ0n) is 11.3. The fourth-order valence-corrected chi connectivity index (χ4v) is 2.31. The highest BCUT2D eigenvalue weighted by Crippen LogP contribution is 2.23. The van der Waals surface area contributed by atoms with Gasteiger partial charge in [0.2, 0.25) is 0 Å². The second-order valence-electron chi connectivity index (χ2n) is 5.16. The predicted molar refractivity (Wildman–Crippen MR) is 70.0 cm³/mol. The Kier molecular flexibility index (Phi) is 4.25. The van der Waals surface area contributed by atoms with E-state index in [0.29, 0.717) is 26.1 Å². The molecule has 1 aliphatic rings. The molecule has 5 nitrogen and oxygen atoms in total. The number of nitrogens with zero attached hydrogens (tertiary/aromatic N) is 1. The number of aliphatic hydroxyl groups is 1. The number of likely N-dealkylation sites (N-methyl/N-ethyl adjacent to an activating group) is 1. The molecule has 1 amide bonds. The van der Waals surface area contributed by atoms with Crippen molar-refractivity contribution in [1.29, 1.82) is 0 Å². The molecule has 1 fully saturated rings. The molecule has 0 saturated carbocycles. The molecule has 2 N–H and O–H groups in total. The van der Waals surface area contributed by atoms with Gasteiger partial charge in [-0.25, -0.2) is 4.39 Å². The Morgan fingerprint density at radius 2 is 2.10 bits per heavy atom. The molecule has 6 heteroatoms. The first-order valence-electron chi connectivity index (χ1n) is 6.45. The van der Waals surface area contributed by atoms with Crippen LogP contribution in [0.15, 0.2) is 18.2 Å². The maximum atomic E-state index is 13.6. The number of carbonyl (C=O) groups excluding carboxylic acids is 1. The average molecular weight is 283 g/mol. The zero-order valence-corrected chi connectivity index (χ0v) is 11.3. The third-order valence-corrected chi connectivity index (χ3v) is 3.48. The molecule has 1 aromatic carbocycles. The van der Waals surface area contributed by atoms with Crippen molar-refractivity contribution in [1.82, 2.24) is 4.90 Å². The van der Waals surface area contributed by atoms with Crippen molar-refractivity contribution in [2.45, 2.75) is 18.4 Å². The molecule has 0 radical (unpaired) electrons. The number of aromatic hydroxyl groups is 1. The van der Waals surface area contributed by atoms with Crippen molar-refractivity contribution < 1.29 is 24.1 Å². The summed E-state index contributed by atoms with van der Waals surface area (Å²) in [5.41, 5.74) is -1.11. The van der Waals surface area contributed by atoms with Crippen LogP contribution in [0.4, 0.5) is 4.39 Å². The molecule has 0 spiro atoms. The van der Waals surface area contributed by atoms with Gasteiger partial charge in [-0.3, -0.25) is 4.79 Å². The fourth-order valence-electron chi connectivity index (χ4n) is 2.31. The van der Waals surface area contributed by atoms with Crippen LogP contribution in [0.25, 0.3) is 0 Å². The van der Waals surface area contributed by atoms with Gasteiger partial charge in [-0.2, -0.15) is 0 Å². The van der Waals surface area contributed by atoms with Gasteiger partial charge in [0.05, 0.1) is 11.2 Å². The number of phenolic OH excluding ortho intramolecular Hbond substituents is 1. The summed E-state index contributed by atoms with van der Waals surface area (Å²) in [6.07, 6.45) is 0.894. The smallest absolute Gasteiger partial charge is 0.256 e. The standard InChI is InChI=1S/C14H18FNO4/c1-16(9-14(19)4-6-20-7-5-14)13(18)11-3-2-10(17)8-12(11)15/h2-3,8,17,19H,4-7,9H2,1H3. The topological polar surface area (TPSA) is 70.0 Å². The van der Waals surface area contributed by atoms with Gasteiger partial charge in [0.15, 0.2) is 0 Å². The fraction of sp³-hybridized carbons (Fsp3) is 0.500. The van der Waals surface area contributed by atoms with E-state index in [4.69, 9.17) is 9.84 Å². The second-order valence-corrected chi connectivity index (χ2v) is 5.16. The van der Waals surface area contributed by atoms with Crippen LogP contribution < -0.4 is 0 Å². The van der Waals surface area contributed by atoms with Crippen LogP contribution in [0.5, 0.6) is 5.75 Å². The van der Waals surface area contributed by atoms with Crippen molar-refractivity contribution >= 4 is 5.91 Å². The Hall–Kier alpha value is -1.66. The van der Waals surface area contributed by atoms with E-state index >= 15 is 0 Å². The Morgan fingerprint density at radius 1 is 1.45 bits per heavy atom. The largest absolute Gasteiger partial charge is 0.508 e. The summed E-state index contributed by atoms with van der Waals surface area (Å²) < 4.78 is 18.8. The summed E-state index contributed by atoms with van der Waals surface area (Å²) in [4.78, 5) is 13.4. The van der Waals surface area contributed by atoms with E-state index < -0.39 is 17.3 Å². The Morgan fingerprint density at radius 3 is 2.70 bits per heavy atom. The van der Waals surface area contributed by atoms with Gasteiger partial charge in [-0.05, 0) is 12.1 Å². The van der Waals surface area contributed by atoms with Crippen molar-refractivity contribution in [3.8, 4) is 5.75 Å². The van der Waals surface area contributed by atoms with Crippen LogP contribution in [0.2, 0.25) is 0 Å². The molecule has 1 heterocycles. The molecule has 0 unspecified atom stereocenters. The molecule has 0 aliphatic carbocycles. The summed E-state index contributed by atoms with van der Waals surface area (Å²) >= 11 is 0. The Balaban J connectivity index is 2.08. The van der Waals surface area contributed by atoms with E-state index in [1.54, 1.807) is 0 Å². The quantitative estimate of drug-likeness (QED) is 0.873. The normalized spacial score (nSPS) is 17.8. The molecule has 1 saturated heterocycles. The van der Waals surface area contributed by atoms with E-state index in [0.717, 1.165) is 6.07 Å². The summed E-state index contributed by atoms with van der Waals surface area (Å²) in [6, 6.07) is 3.38. The van der Waals surface area contributed by atoms with Gasteiger partial charge >= 0.3 is 0 Å². The maximum Gasteiger partial charge on any atom is 0.256 e. The number of hydrogen-bond acceptors (Lipinski definition) is 4. The van der Waals surface area contributed by atoms with Gasteiger partial charge in [-0.15, -0.1) is 0 Å². The van der Waals surface area contributed by atoms with Gasteiger partial charge in [-0.1, -0.05) is 0 Å². The third kappa shape index (κ3) is 3.26. The van der Waals surface area contributed by atoms with E-state index in [9.17, 15) is 14.3 Å². The molecule has 1 aliphatic heterocycles. The number of ether oxygens (including phenoxy) is 1. The van der Waals surface area contributed by atoms with E-state index in [1.807, 2.05) is 0 Å². The van der Waals surface area contributed by atoms with Crippen molar-refractivity contribution in [2.24, 2.45) is 0 Å². The predicted octanol–water partition coefficient (Wildman–Crippen LogP) is 1.14. The Bertz CT molecular complexity index is 500. The monoisotopic (exact) mass is 283 g/mol. The molecule has 2 rings (SSSR count). The highest BCUT2D eigenvalue weighted by atomic mass is 19.1. The minimum atomic E-state index is -0.990. The van der Waals surface area contributed by atoms with Crippen molar-refractivity contribution in [3.05, 3.63) is 29.6 Å². The summed E-state index contributed by atoms with van der Waals surface area (Å²) in [7, 11) is 1.52. The molecular weight excluding hydrogens is 265 g/mol. The van der Waals surface area contributed by atoms with Crippen LogP contribution in [0.3, 0.4) is 0 Å². The molecular formula is C14H18FNO4. The zero-order chi connectivity index (χ0) is 14.8. The number of rotatable bonds is 3. The lowest BCUT2D eigenvalue weighted by Gasteiger charge is -2.35. The minimum absolute atomic E-state index is 0.121. The van der Waals surface area contributed by atoms with Gasteiger partial charge in [0.1, 0.15) is 11.6 Å². The third-order valence-electron chi connectivity index (χ3n) is 3.48. The molecule has 0 atom stereocenters. The van der Waals surface area contributed by atoms with Crippen LogP contribution in [0, 0.1) is 5.82 Å². The lowest BCUT2D eigenvalue weighted by molar-refractivity contribution is -0.0734. The van der Waals surface area contributed by atoms with Crippen LogP contribution >= 0.6 is 0 Å². The number of benzene rings is 1. The number of halogens is 1. The summed E-state index contributed by atoms with van der Waals surface area (Å²) in [6.45, 7) is 1.02. The number of hydrogen-bond donors (Lipinski definition) is 2. The first-order chi connectivity index (χ1) is 9.41. The van der Waals surface area contributed by atoms with Crippen LogP contribution in [0.1, 0.15) is 23.2 Å². The highest BCUT2D eigenvalue weighted by Gasteiger charge is 2.33. The molecule has 20 heavy (non-hydrogen) atoms. The summed E-state index contributed by atoms with van der Waals surface area (Å²) in [5, 5.41) is 19.5. The first-order valence-corrected chi connectivity index (χ1v) is 6.45. The van der Waals surface area contributed by atoms with Crippen molar-refractivity contribution in [2.75, 3.05) is 26.8 Å². The van der Waals surface area contributed by atoms with E-state index in [1.165, 1.54) is 24.1 Å². The Labute approximate surface area is 116 Å². The molecule has 1 aromatic rings. The van der Waals surface area contributed by atoms with E-state index in [-0.39, 0.29) is 17.9 Å². The number of amides is 1. The molecule has 0 bridgehead atoms. The highest BCUT2D eigenvalue weighted by molar-refractivity contribution is 5.94. The average Bonchev–Trinajstić information content (AvgIpc) is 2.38. The lowest BCUT2D eigenvalue weighted by atomic mass is 9.93. The van der Waals surface area contributed by atoms with Gasteiger partial charge < -0.3 is 19.8 Å². The lowest BCUT2D eigenvalue weighted by Crippen LogP contribution is -2.47. The van der Waals surface area contributed by atoms with Gasteiger partial charge in [0, 0.05) is 45.7 Å². The van der Waals surface area contributed by atoms with Crippen molar-refractivity contribution in [3.63, 3.8) is 0 Å². The number of phenols is 1. The SMILES string of the molecule is CN(CC1(O)CCOCC1)C(=O)c1ccc(O)cc1F. The van der Waals surface area contributed by atoms with Crippen LogP contribution in [-0.2, 0) is 4.74 Å².